The Hall–Kier alpha value is -2.55. The topological polar surface area (TPSA) is 67.2 Å². The second-order valence-corrected chi connectivity index (χ2v) is 10.6. The summed E-state index contributed by atoms with van der Waals surface area (Å²) in [5.74, 6) is 0.594. The highest BCUT2D eigenvalue weighted by molar-refractivity contribution is 7.89. The first kappa shape index (κ1) is 21.3. The van der Waals surface area contributed by atoms with Gasteiger partial charge in [0.1, 0.15) is 5.82 Å². The molecule has 0 spiro atoms. The number of nitrogens with one attached hydrogen (secondary N) is 1. The maximum Gasteiger partial charge on any atom is 0.240 e. The van der Waals surface area contributed by atoms with E-state index in [2.05, 4.69) is 20.8 Å². The SMILES string of the molecule is Cn1nc(-c2ccc(F)cc2)cc1C1CN2CCC1CC2CNS(=O)(=O)c1ccccc1. The van der Waals surface area contributed by atoms with E-state index in [1.807, 2.05) is 17.8 Å². The average molecular weight is 455 g/mol. The van der Waals surface area contributed by atoms with Gasteiger partial charge in [-0.05, 0) is 67.8 Å². The van der Waals surface area contributed by atoms with E-state index in [1.165, 1.54) is 17.8 Å². The molecule has 8 heteroatoms. The Balaban J connectivity index is 1.28. The quantitative estimate of drug-likeness (QED) is 0.620. The number of aromatic nitrogens is 2. The minimum Gasteiger partial charge on any atom is -0.298 e. The van der Waals surface area contributed by atoms with Crippen molar-refractivity contribution in [3.05, 3.63) is 72.2 Å². The van der Waals surface area contributed by atoms with Gasteiger partial charge in [0.25, 0.3) is 0 Å². The number of sulfonamides is 1. The van der Waals surface area contributed by atoms with E-state index in [9.17, 15) is 12.8 Å². The lowest BCUT2D eigenvalue weighted by Gasteiger charge is -2.49. The van der Waals surface area contributed by atoms with Crippen LogP contribution in [0.2, 0.25) is 0 Å². The van der Waals surface area contributed by atoms with Crippen LogP contribution < -0.4 is 4.72 Å². The molecule has 0 saturated carbocycles. The zero-order chi connectivity index (χ0) is 22.3. The van der Waals surface area contributed by atoms with E-state index in [4.69, 9.17) is 0 Å². The largest absolute Gasteiger partial charge is 0.298 e. The summed E-state index contributed by atoms with van der Waals surface area (Å²) in [5, 5.41) is 4.67. The van der Waals surface area contributed by atoms with Crippen molar-refractivity contribution in [3.8, 4) is 11.3 Å². The minimum absolute atomic E-state index is 0.202. The Morgan fingerprint density at radius 1 is 1.12 bits per heavy atom. The second kappa shape index (κ2) is 8.42. The normalized spacial score (nSPS) is 25.2. The smallest absolute Gasteiger partial charge is 0.240 e. The lowest BCUT2D eigenvalue weighted by Crippen LogP contribution is -2.56. The van der Waals surface area contributed by atoms with Gasteiger partial charge in [-0.1, -0.05) is 18.2 Å². The predicted octanol–water partition coefficient (Wildman–Crippen LogP) is 3.38. The molecule has 32 heavy (non-hydrogen) atoms. The number of hydrogen-bond acceptors (Lipinski definition) is 4. The van der Waals surface area contributed by atoms with Gasteiger partial charge >= 0.3 is 0 Å². The molecule has 3 aliphatic rings. The van der Waals surface area contributed by atoms with E-state index >= 15 is 0 Å². The molecule has 3 fully saturated rings. The second-order valence-electron chi connectivity index (χ2n) is 8.79. The Labute approximate surface area is 188 Å². The summed E-state index contributed by atoms with van der Waals surface area (Å²) in [6, 6.07) is 17.3. The number of fused-ring (bicyclic) bond motifs is 3. The number of nitrogens with zero attached hydrogens (tertiary/aromatic N) is 3. The van der Waals surface area contributed by atoms with E-state index in [0.717, 1.165) is 37.2 Å². The molecule has 6 nitrogen and oxygen atoms in total. The standard InChI is InChI=1S/C24H27FN4O2S/c1-28-24(14-23(27-28)17-7-9-19(25)10-8-17)22-16-29-12-11-18(22)13-20(29)15-26-32(30,31)21-5-3-2-4-6-21/h2-10,14,18,20,22,26H,11-13,15-16H2,1H3. The number of benzene rings is 2. The molecule has 0 amide bonds. The highest BCUT2D eigenvalue weighted by atomic mass is 32.2. The summed E-state index contributed by atoms with van der Waals surface area (Å²) < 4.78 is 43.2. The third-order valence-corrected chi connectivity index (χ3v) is 8.32. The monoisotopic (exact) mass is 454 g/mol. The zero-order valence-electron chi connectivity index (χ0n) is 18.0. The Morgan fingerprint density at radius 2 is 1.88 bits per heavy atom. The van der Waals surface area contributed by atoms with Gasteiger partial charge in [0.05, 0.1) is 10.6 Å². The molecule has 6 rings (SSSR count). The van der Waals surface area contributed by atoms with Crippen LogP contribution in [0.3, 0.4) is 0 Å². The van der Waals surface area contributed by atoms with Crippen molar-refractivity contribution in [2.45, 2.75) is 29.7 Å². The molecule has 168 valence electrons. The Bertz CT molecular complexity index is 1190. The third-order valence-electron chi connectivity index (χ3n) is 6.88. The first-order valence-corrected chi connectivity index (χ1v) is 12.5. The summed E-state index contributed by atoms with van der Waals surface area (Å²) in [5.41, 5.74) is 2.94. The molecular weight excluding hydrogens is 427 g/mol. The molecule has 3 aromatic rings. The van der Waals surface area contributed by atoms with Crippen LogP contribution in [0.25, 0.3) is 11.3 Å². The Morgan fingerprint density at radius 3 is 2.56 bits per heavy atom. The van der Waals surface area contributed by atoms with Crippen molar-refractivity contribution in [2.24, 2.45) is 13.0 Å². The van der Waals surface area contributed by atoms with Crippen LogP contribution in [0.4, 0.5) is 4.39 Å². The average Bonchev–Trinajstić information content (AvgIpc) is 3.20. The number of aryl methyl sites for hydroxylation is 1. The van der Waals surface area contributed by atoms with Crippen LogP contribution in [0.1, 0.15) is 24.5 Å². The molecule has 2 aromatic carbocycles. The van der Waals surface area contributed by atoms with Crippen LogP contribution in [0.5, 0.6) is 0 Å². The molecule has 4 atom stereocenters. The summed E-state index contributed by atoms with van der Waals surface area (Å²) in [4.78, 5) is 2.71. The van der Waals surface area contributed by atoms with Gasteiger partial charge < -0.3 is 0 Å². The van der Waals surface area contributed by atoms with Gasteiger partial charge in [-0.15, -0.1) is 0 Å². The van der Waals surface area contributed by atoms with E-state index in [-0.39, 0.29) is 11.9 Å². The fourth-order valence-electron chi connectivity index (χ4n) is 5.16. The first-order chi connectivity index (χ1) is 15.4. The number of halogens is 1. The van der Waals surface area contributed by atoms with Gasteiger partial charge in [0.2, 0.25) is 10.0 Å². The van der Waals surface area contributed by atoms with Crippen molar-refractivity contribution in [1.29, 1.82) is 0 Å². The molecule has 3 saturated heterocycles. The van der Waals surface area contributed by atoms with Gasteiger partial charge in [0, 0.05) is 43.4 Å². The van der Waals surface area contributed by atoms with Crippen LogP contribution in [0, 0.1) is 11.7 Å². The van der Waals surface area contributed by atoms with Crippen molar-refractivity contribution in [3.63, 3.8) is 0 Å². The molecule has 4 heterocycles. The first-order valence-electron chi connectivity index (χ1n) is 11.0. The van der Waals surface area contributed by atoms with Crippen LogP contribution in [-0.2, 0) is 17.1 Å². The third kappa shape index (κ3) is 4.10. The van der Waals surface area contributed by atoms with Crippen LogP contribution in [0.15, 0.2) is 65.6 Å². The highest BCUT2D eigenvalue weighted by Gasteiger charge is 2.42. The summed E-state index contributed by atoms with van der Waals surface area (Å²) in [6.45, 7) is 2.30. The molecule has 3 aliphatic heterocycles. The van der Waals surface area contributed by atoms with Crippen molar-refractivity contribution in [2.75, 3.05) is 19.6 Å². The molecule has 1 aromatic heterocycles. The minimum atomic E-state index is -3.50. The molecule has 0 aliphatic carbocycles. The molecule has 0 radical (unpaired) electrons. The van der Waals surface area contributed by atoms with Crippen molar-refractivity contribution < 1.29 is 12.8 Å². The van der Waals surface area contributed by atoms with Crippen molar-refractivity contribution in [1.82, 2.24) is 19.4 Å². The maximum atomic E-state index is 13.3. The maximum absolute atomic E-state index is 13.3. The molecule has 4 unspecified atom stereocenters. The van der Waals surface area contributed by atoms with E-state index in [1.54, 1.807) is 36.4 Å². The highest BCUT2D eigenvalue weighted by Crippen LogP contribution is 2.42. The summed E-state index contributed by atoms with van der Waals surface area (Å²) in [7, 11) is -1.53. The van der Waals surface area contributed by atoms with Crippen LogP contribution in [-0.4, -0.2) is 48.8 Å². The predicted molar refractivity (Wildman–Crippen MR) is 121 cm³/mol. The lowest BCUT2D eigenvalue weighted by atomic mass is 9.74. The number of piperidine rings is 3. The fraction of sp³-hybridized carbons (Fsp3) is 0.375. The summed E-state index contributed by atoms with van der Waals surface area (Å²) in [6.07, 6.45) is 2.06. The number of hydrogen-bond donors (Lipinski definition) is 1. The van der Waals surface area contributed by atoms with E-state index in [0.29, 0.717) is 23.3 Å². The van der Waals surface area contributed by atoms with Gasteiger partial charge in [0.15, 0.2) is 0 Å². The zero-order valence-corrected chi connectivity index (χ0v) is 18.8. The fourth-order valence-corrected chi connectivity index (χ4v) is 6.26. The lowest BCUT2D eigenvalue weighted by molar-refractivity contribution is 0.0306. The van der Waals surface area contributed by atoms with Gasteiger partial charge in [-0.3, -0.25) is 9.58 Å². The molecule has 1 N–H and O–H groups in total. The van der Waals surface area contributed by atoms with Crippen molar-refractivity contribution >= 4 is 10.0 Å². The Kier molecular flexibility index (Phi) is 5.61. The molecule has 2 bridgehead atoms. The number of rotatable bonds is 6. The van der Waals surface area contributed by atoms with E-state index < -0.39 is 10.0 Å². The van der Waals surface area contributed by atoms with Crippen LogP contribution >= 0.6 is 0 Å². The molecular formula is C24H27FN4O2S. The summed E-state index contributed by atoms with van der Waals surface area (Å²) >= 11 is 0. The van der Waals surface area contributed by atoms with Gasteiger partial charge in [-0.2, -0.15) is 5.10 Å². The van der Waals surface area contributed by atoms with Gasteiger partial charge in [-0.25, -0.2) is 17.5 Å².